The van der Waals surface area contributed by atoms with Crippen molar-refractivity contribution in [2.24, 2.45) is 0 Å². The SMILES string of the molecule is C=CC1(C)OC(=O)N(c2cc(Cl)cc(Cl)c2)C1=O.CCOC(=O)c1cn2nc(OP(=S)(OCC)OCC)cc2nc1C. The number of carbonyl (C=O) groups is 3. The van der Waals surface area contributed by atoms with Gasteiger partial charge >= 0.3 is 18.8 Å². The van der Waals surface area contributed by atoms with Gasteiger partial charge in [-0.15, -0.1) is 5.10 Å². The first-order valence-electron chi connectivity index (χ1n) is 12.6. The third kappa shape index (κ3) is 7.66. The second kappa shape index (κ2) is 13.9. The number of rotatable bonds is 10. The lowest BCUT2D eigenvalue weighted by Crippen LogP contribution is -2.37. The molecule has 3 heterocycles. The minimum Gasteiger partial charge on any atom is -0.462 e. The summed E-state index contributed by atoms with van der Waals surface area (Å²) in [4.78, 5) is 41.0. The van der Waals surface area contributed by atoms with Gasteiger partial charge in [-0.2, -0.15) is 0 Å². The molecule has 1 aliphatic rings. The minimum absolute atomic E-state index is 0.230. The monoisotopic (exact) mass is 658 g/mol. The highest BCUT2D eigenvalue weighted by Gasteiger charge is 2.49. The number of ether oxygens (including phenoxy) is 2. The highest BCUT2D eigenvalue weighted by Crippen LogP contribution is 2.49. The first-order chi connectivity index (χ1) is 19.8. The maximum absolute atomic E-state index is 12.1. The summed E-state index contributed by atoms with van der Waals surface area (Å²) in [7, 11) is 0. The van der Waals surface area contributed by atoms with Crippen molar-refractivity contribution in [3.63, 3.8) is 0 Å². The number of cyclic esters (lactones) is 1. The van der Waals surface area contributed by atoms with Crippen molar-refractivity contribution in [3.05, 3.63) is 64.4 Å². The van der Waals surface area contributed by atoms with Crippen molar-refractivity contribution in [3.8, 4) is 5.88 Å². The van der Waals surface area contributed by atoms with Gasteiger partial charge in [0.1, 0.15) is 0 Å². The number of fused-ring (bicyclic) bond motifs is 1. The summed E-state index contributed by atoms with van der Waals surface area (Å²) in [5.41, 5.74) is 0.318. The van der Waals surface area contributed by atoms with Gasteiger partial charge in [-0.1, -0.05) is 29.8 Å². The molecular formula is C26H29Cl2N4O8PS. The Morgan fingerprint density at radius 3 is 2.26 bits per heavy atom. The van der Waals surface area contributed by atoms with Crippen molar-refractivity contribution in [2.45, 2.75) is 40.2 Å². The molecule has 0 spiro atoms. The second-order valence-corrected chi connectivity index (χ2v) is 12.4. The first kappa shape index (κ1) is 33.4. The molecule has 12 nitrogen and oxygen atoms in total. The predicted molar refractivity (Wildman–Crippen MR) is 161 cm³/mol. The van der Waals surface area contributed by atoms with Gasteiger partial charge in [0.05, 0.1) is 36.8 Å². The van der Waals surface area contributed by atoms with E-state index in [4.69, 9.17) is 58.1 Å². The summed E-state index contributed by atoms with van der Waals surface area (Å²) < 4.78 is 27.9. The van der Waals surface area contributed by atoms with Crippen LogP contribution < -0.4 is 9.42 Å². The van der Waals surface area contributed by atoms with E-state index in [9.17, 15) is 14.4 Å². The number of aromatic nitrogens is 3. The number of hydrogen-bond acceptors (Lipinski definition) is 11. The maximum atomic E-state index is 12.1. The molecule has 1 atom stereocenters. The number of aryl methyl sites for hydroxylation is 1. The van der Waals surface area contributed by atoms with Gasteiger partial charge < -0.3 is 14.0 Å². The lowest BCUT2D eigenvalue weighted by Gasteiger charge is -2.19. The van der Waals surface area contributed by atoms with Crippen molar-refractivity contribution < 1.29 is 37.4 Å². The standard InChI is InChI=1S/C14H20N3O5PS.C12H9Cl2NO3/c1-5-19-14(18)11-9-17-12(15-10(11)4)8-13(16-17)22-23(24,20-6-2)21-7-3;1-3-12(2)10(16)15(11(17)18-12)9-5-7(13)4-8(14)6-9/h8-9H,5-7H2,1-4H3;3-6H,1H2,2H3. The van der Waals surface area contributed by atoms with Crippen LogP contribution in [0.2, 0.25) is 10.0 Å². The molecule has 1 unspecified atom stereocenters. The van der Waals surface area contributed by atoms with E-state index < -0.39 is 30.3 Å². The quantitative estimate of drug-likeness (QED) is 0.138. The van der Waals surface area contributed by atoms with E-state index >= 15 is 0 Å². The Balaban J connectivity index is 0.000000240. The molecule has 1 fully saturated rings. The summed E-state index contributed by atoms with van der Waals surface area (Å²) in [6.45, 7) is 10.2. The largest absolute Gasteiger partial charge is 0.462 e. The van der Waals surface area contributed by atoms with Gasteiger partial charge in [-0.05, 0) is 58.9 Å². The number of halogens is 2. The summed E-state index contributed by atoms with van der Waals surface area (Å²) in [5.74, 6) is -0.745. The number of carbonyl (C=O) groups excluding carboxylic acids is 3. The smallest absolute Gasteiger partial charge is 0.422 e. The van der Waals surface area contributed by atoms with Crippen LogP contribution in [-0.2, 0) is 35.1 Å². The van der Waals surface area contributed by atoms with Crippen LogP contribution in [0.1, 0.15) is 43.7 Å². The Morgan fingerprint density at radius 2 is 1.74 bits per heavy atom. The van der Waals surface area contributed by atoms with Gasteiger partial charge in [-0.3, -0.25) is 13.8 Å². The maximum Gasteiger partial charge on any atom is 0.422 e. The molecule has 16 heteroatoms. The van der Waals surface area contributed by atoms with E-state index in [1.165, 1.54) is 35.7 Å². The molecule has 1 saturated heterocycles. The van der Waals surface area contributed by atoms with Crippen LogP contribution in [-0.4, -0.2) is 58.0 Å². The molecule has 1 aromatic carbocycles. The van der Waals surface area contributed by atoms with Crippen molar-refractivity contribution in [1.82, 2.24) is 14.6 Å². The van der Waals surface area contributed by atoms with E-state index in [0.29, 0.717) is 40.2 Å². The molecule has 1 aliphatic heterocycles. The highest BCUT2D eigenvalue weighted by atomic mass is 35.5. The highest BCUT2D eigenvalue weighted by molar-refractivity contribution is 8.07. The van der Waals surface area contributed by atoms with Crippen LogP contribution in [0.25, 0.3) is 5.65 Å². The zero-order valence-electron chi connectivity index (χ0n) is 23.5. The fraction of sp³-hybridized carbons (Fsp3) is 0.346. The average Bonchev–Trinajstić information content (AvgIpc) is 3.38. The predicted octanol–water partition coefficient (Wildman–Crippen LogP) is 6.31. The number of imide groups is 1. The third-order valence-electron chi connectivity index (χ3n) is 5.50. The Hall–Kier alpha value is -3.06. The third-order valence-corrected chi connectivity index (χ3v) is 8.35. The normalized spacial score (nSPS) is 16.6. The number of hydrogen-bond donors (Lipinski definition) is 0. The molecular weight excluding hydrogens is 630 g/mol. The van der Waals surface area contributed by atoms with Crippen LogP contribution >= 0.6 is 29.9 Å². The van der Waals surface area contributed by atoms with Crippen LogP contribution in [0.15, 0.2) is 43.1 Å². The van der Waals surface area contributed by atoms with Crippen molar-refractivity contribution in [1.29, 1.82) is 0 Å². The number of amides is 2. The van der Waals surface area contributed by atoms with Crippen molar-refractivity contribution >= 4 is 71.0 Å². The van der Waals surface area contributed by atoms with Gasteiger partial charge in [0.2, 0.25) is 11.5 Å². The molecule has 0 aliphatic carbocycles. The van der Waals surface area contributed by atoms with E-state index in [1.54, 1.807) is 26.1 Å². The lowest BCUT2D eigenvalue weighted by molar-refractivity contribution is -0.125. The van der Waals surface area contributed by atoms with Gasteiger partial charge in [0.25, 0.3) is 5.91 Å². The van der Waals surface area contributed by atoms with Gasteiger partial charge in [0, 0.05) is 34.1 Å². The minimum atomic E-state index is -2.91. The first-order valence-corrected chi connectivity index (χ1v) is 15.9. The van der Waals surface area contributed by atoms with Crippen LogP contribution in [0.5, 0.6) is 5.88 Å². The Labute approximate surface area is 257 Å². The Morgan fingerprint density at radius 1 is 1.12 bits per heavy atom. The molecule has 2 amide bonds. The Bertz CT molecular complexity index is 1540. The molecule has 0 radical (unpaired) electrons. The molecule has 4 rings (SSSR count). The summed E-state index contributed by atoms with van der Waals surface area (Å²) >= 11 is 17.0. The molecule has 2 aromatic heterocycles. The van der Waals surface area contributed by atoms with E-state index in [2.05, 4.69) is 16.7 Å². The molecule has 226 valence electrons. The average molecular weight is 659 g/mol. The van der Waals surface area contributed by atoms with Crippen molar-refractivity contribution in [2.75, 3.05) is 24.7 Å². The van der Waals surface area contributed by atoms with Crippen LogP contribution in [0.4, 0.5) is 10.5 Å². The summed E-state index contributed by atoms with van der Waals surface area (Å²) in [6, 6.07) is 6.04. The lowest BCUT2D eigenvalue weighted by atomic mass is 10.1. The molecule has 42 heavy (non-hydrogen) atoms. The van der Waals surface area contributed by atoms with E-state index in [1.807, 2.05) is 13.8 Å². The number of benzene rings is 1. The molecule has 0 N–H and O–H groups in total. The molecule has 0 bridgehead atoms. The molecule has 3 aromatic rings. The van der Waals surface area contributed by atoms with Crippen LogP contribution in [0, 0.1) is 6.92 Å². The Kier molecular flexibility index (Phi) is 11.1. The number of nitrogens with zero attached hydrogens (tertiary/aromatic N) is 4. The topological polar surface area (TPSA) is 131 Å². The number of anilines is 1. The summed E-state index contributed by atoms with van der Waals surface area (Å²) in [5, 5.41) is 4.88. The van der Waals surface area contributed by atoms with Gasteiger partial charge in [-0.25, -0.2) is 24.0 Å². The zero-order chi connectivity index (χ0) is 31.2. The zero-order valence-corrected chi connectivity index (χ0v) is 26.7. The van der Waals surface area contributed by atoms with E-state index in [0.717, 1.165) is 4.90 Å². The fourth-order valence-corrected chi connectivity index (χ4v) is 6.07. The fourth-order valence-electron chi connectivity index (χ4n) is 3.56. The second-order valence-electron chi connectivity index (χ2n) is 8.57. The summed E-state index contributed by atoms with van der Waals surface area (Å²) in [6.07, 6.45) is 2.05. The van der Waals surface area contributed by atoms with Gasteiger partial charge in [0.15, 0.2) is 5.65 Å². The molecule has 0 saturated carbocycles. The van der Waals surface area contributed by atoms with Crippen LogP contribution in [0.3, 0.4) is 0 Å². The van der Waals surface area contributed by atoms with E-state index in [-0.39, 0.29) is 18.2 Å². The number of esters is 1.